The third-order valence-corrected chi connectivity index (χ3v) is 2.30. The molecule has 0 N–H and O–H groups in total. The van der Waals surface area contributed by atoms with E-state index in [0.717, 1.165) is 5.92 Å². The predicted octanol–water partition coefficient (Wildman–Crippen LogP) is 2.99. The van der Waals surface area contributed by atoms with E-state index in [9.17, 15) is 0 Å². The summed E-state index contributed by atoms with van der Waals surface area (Å²) < 4.78 is 5.80. The molecule has 0 unspecified atom stereocenters. The molecule has 1 saturated heterocycles. The standard InChI is InChI=1S/C10H20O/c1-8(2)7-10-6-4-5-9(3)11-10/h8-10H,4-7H2,1-3H3/t9-,10+/m0/s1. The molecular weight excluding hydrogens is 136 g/mol. The van der Waals surface area contributed by atoms with E-state index in [1.807, 2.05) is 0 Å². The molecule has 0 saturated carbocycles. The van der Waals surface area contributed by atoms with Gasteiger partial charge in [0.2, 0.25) is 0 Å². The molecule has 11 heavy (non-hydrogen) atoms. The van der Waals surface area contributed by atoms with E-state index in [0.29, 0.717) is 12.2 Å². The fraction of sp³-hybridized carbons (Fsp3) is 1.00. The van der Waals surface area contributed by atoms with Gasteiger partial charge in [0.15, 0.2) is 0 Å². The summed E-state index contributed by atoms with van der Waals surface area (Å²) in [7, 11) is 0. The summed E-state index contributed by atoms with van der Waals surface area (Å²) in [5, 5.41) is 0. The molecule has 0 bridgehead atoms. The fourth-order valence-electron chi connectivity index (χ4n) is 1.80. The van der Waals surface area contributed by atoms with Crippen LogP contribution in [0.4, 0.5) is 0 Å². The van der Waals surface area contributed by atoms with Gasteiger partial charge in [-0.2, -0.15) is 0 Å². The van der Waals surface area contributed by atoms with Gasteiger partial charge in [-0.25, -0.2) is 0 Å². The molecule has 1 fully saturated rings. The van der Waals surface area contributed by atoms with Crippen LogP contribution >= 0.6 is 0 Å². The largest absolute Gasteiger partial charge is 0.375 e. The molecule has 1 aliphatic heterocycles. The smallest absolute Gasteiger partial charge is 0.0581 e. The normalized spacial score (nSPS) is 32.7. The molecule has 0 radical (unpaired) electrons. The van der Waals surface area contributed by atoms with Crippen LogP contribution in [0.3, 0.4) is 0 Å². The molecule has 66 valence electrons. The summed E-state index contributed by atoms with van der Waals surface area (Å²) in [4.78, 5) is 0. The van der Waals surface area contributed by atoms with Gasteiger partial charge in [-0.05, 0) is 38.5 Å². The van der Waals surface area contributed by atoms with E-state index >= 15 is 0 Å². The van der Waals surface area contributed by atoms with Crippen molar-refractivity contribution < 1.29 is 4.74 Å². The Morgan fingerprint density at radius 2 is 2.09 bits per heavy atom. The maximum Gasteiger partial charge on any atom is 0.0581 e. The van der Waals surface area contributed by atoms with Crippen molar-refractivity contribution in [2.45, 2.75) is 58.7 Å². The Hall–Kier alpha value is -0.0400. The van der Waals surface area contributed by atoms with E-state index in [-0.39, 0.29) is 0 Å². The van der Waals surface area contributed by atoms with Crippen molar-refractivity contribution in [3.63, 3.8) is 0 Å². The average Bonchev–Trinajstić information content (AvgIpc) is 1.85. The molecule has 1 aliphatic rings. The van der Waals surface area contributed by atoms with Crippen molar-refractivity contribution in [1.82, 2.24) is 0 Å². The molecule has 0 aliphatic carbocycles. The van der Waals surface area contributed by atoms with Gasteiger partial charge in [0, 0.05) is 0 Å². The predicted molar refractivity (Wildman–Crippen MR) is 47.6 cm³/mol. The first kappa shape index (κ1) is 9.05. The summed E-state index contributed by atoms with van der Waals surface area (Å²) in [6, 6.07) is 0. The summed E-state index contributed by atoms with van der Waals surface area (Å²) in [5.41, 5.74) is 0. The highest BCUT2D eigenvalue weighted by atomic mass is 16.5. The molecule has 1 heterocycles. The minimum Gasteiger partial charge on any atom is -0.375 e. The molecule has 1 nitrogen and oxygen atoms in total. The average molecular weight is 156 g/mol. The summed E-state index contributed by atoms with van der Waals surface area (Å²) in [6.07, 6.45) is 6.20. The maximum absolute atomic E-state index is 5.80. The highest BCUT2D eigenvalue weighted by molar-refractivity contribution is 4.69. The van der Waals surface area contributed by atoms with Crippen molar-refractivity contribution in [3.8, 4) is 0 Å². The molecule has 1 heteroatoms. The molecular formula is C10H20O. The van der Waals surface area contributed by atoms with Crippen LogP contribution in [0.2, 0.25) is 0 Å². The second-order valence-electron chi connectivity index (χ2n) is 4.13. The summed E-state index contributed by atoms with van der Waals surface area (Å²) >= 11 is 0. The van der Waals surface area contributed by atoms with Crippen LogP contribution in [0.15, 0.2) is 0 Å². The zero-order chi connectivity index (χ0) is 8.27. The van der Waals surface area contributed by atoms with E-state index in [4.69, 9.17) is 4.74 Å². The van der Waals surface area contributed by atoms with Gasteiger partial charge < -0.3 is 4.74 Å². The highest BCUT2D eigenvalue weighted by Crippen LogP contribution is 2.23. The van der Waals surface area contributed by atoms with Crippen molar-refractivity contribution in [2.75, 3.05) is 0 Å². The Morgan fingerprint density at radius 3 is 2.64 bits per heavy atom. The van der Waals surface area contributed by atoms with Crippen LogP contribution in [0.1, 0.15) is 46.5 Å². The third kappa shape index (κ3) is 3.24. The van der Waals surface area contributed by atoms with Crippen molar-refractivity contribution >= 4 is 0 Å². The zero-order valence-electron chi connectivity index (χ0n) is 7.97. The van der Waals surface area contributed by atoms with Gasteiger partial charge in [-0.3, -0.25) is 0 Å². The van der Waals surface area contributed by atoms with Gasteiger partial charge >= 0.3 is 0 Å². The van der Waals surface area contributed by atoms with E-state index in [2.05, 4.69) is 20.8 Å². The van der Waals surface area contributed by atoms with Gasteiger partial charge in [0.25, 0.3) is 0 Å². The Balaban J connectivity index is 2.23. The summed E-state index contributed by atoms with van der Waals surface area (Å²) in [6.45, 7) is 6.72. The summed E-state index contributed by atoms with van der Waals surface area (Å²) in [5.74, 6) is 0.783. The molecule has 1 rings (SSSR count). The van der Waals surface area contributed by atoms with E-state index in [1.54, 1.807) is 0 Å². The number of rotatable bonds is 2. The van der Waals surface area contributed by atoms with Crippen LogP contribution in [0.25, 0.3) is 0 Å². The Bertz CT molecular complexity index is 107. The van der Waals surface area contributed by atoms with Crippen LogP contribution in [0, 0.1) is 5.92 Å². The lowest BCUT2D eigenvalue weighted by molar-refractivity contribution is -0.0483. The molecule has 0 aromatic carbocycles. The van der Waals surface area contributed by atoms with Gasteiger partial charge in [-0.15, -0.1) is 0 Å². The quantitative estimate of drug-likeness (QED) is 0.597. The maximum atomic E-state index is 5.80. The molecule has 0 aromatic rings. The number of hydrogen-bond acceptors (Lipinski definition) is 1. The number of ether oxygens (including phenoxy) is 1. The zero-order valence-corrected chi connectivity index (χ0v) is 7.97. The Morgan fingerprint density at radius 1 is 1.36 bits per heavy atom. The minimum atomic E-state index is 0.507. The van der Waals surface area contributed by atoms with Crippen molar-refractivity contribution in [2.24, 2.45) is 5.92 Å². The first-order valence-electron chi connectivity index (χ1n) is 4.84. The third-order valence-electron chi connectivity index (χ3n) is 2.30. The lowest BCUT2D eigenvalue weighted by Gasteiger charge is -2.28. The van der Waals surface area contributed by atoms with E-state index < -0.39 is 0 Å². The monoisotopic (exact) mass is 156 g/mol. The van der Waals surface area contributed by atoms with Gasteiger partial charge in [-0.1, -0.05) is 13.8 Å². The second kappa shape index (κ2) is 4.10. The highest BCUT2D eigenvalue weighted by Gasteiger charge is 2.19. The van der Waals surface area contributed by atoms with Crippen LogP contribution in [0.5, 0.6) is 0 Å². The van der Waals surface area contributed by atoms with Gasteiger partial charge in [0.1, 0.15) is 0 Å². The first-order valence-corrected chi connectivity index (χ1v) is 4.84. The Kier molecular flexibility index (Phi) is 3.38. The van der Waals surface area contributed by atoms with Crippen molar-refractivity contribution in [3.05, 3.63) is 0 Å². The van der Waals surface area contributed by atoms with Crippen LogP contribution in [-0.2, 0) is 4.74 Å². The SMILES string of the molecule is CC(C)C[C@H]1CCC[C@H](C)O1. The first-order chi connectivity index (χ1) is 5.18. The van der Waals surface area contributed by atoms with E-state index in [1.165, 1.54) is 25.7 Å². The fourth-order valence-corrected chi connectivity index (χ4v) is 1.80. The van der Waals surface area contributed by atoms with Gasteiger partial charge in [0.05, 0.1) is 12.2 Å². The molecule has 2 atom stereocenters. The second-order valence-corrected chi connectivity index (χ2v) is 4.13. The topological polar surface area (TPSA) is 9.23 Å². The van der Waals surface area contributed by atoms with Crippen molar-refractivity contribution in [1.29, 1.82) is 0 Å². The lowest BCUT2D eigenvalue weighted by atomic mass is 9.97. The lowest BCUT2D eigenvalue weighted by Crippen LogP contribution is -2.26. The molecule has 0 aromatic heterocycles. The van der Waals surface area contributed by atoms with Crippen LogP contribution < -0.4 is 0 Å². The molecule has 0 spiro atoms. The van der Waals surface area contributed by atoms with Crippen LogP contribution in [-0.4, -0.2) is 12.2 Å². The minimum absolute atomic E-state index is 0.507. The number of hydrogen-bond donors (Lipinski definition) is 0. The molecule has 0 amide bonds. The Labute approximate surface area is 70.1 Å².